The number of likely N-dealkylation sites (N-methyl/N-ethyl adjacent to an activating group) is 1. The minimum atomic E-state index is 0.130. The van der Waals surface area contributed by atoms with Crippen LogP contribution in [0.15, 0.2) is 35.8 Å². The molecule has 0 fully saturated rings. The minimum absolute atomic E-state index is 0.130. The molecule has 1 atom stereocenters. The molecular weight excluding hydrogens is 228 g/mol. The molecule has 1 unspecified atom stereocenters. The van der Waals surface area contributed by atoms with Crippen molar-refractivity contribution in [3.05, 3.63) is 35.8 Å². The van der Waals surface area contributed by atoms with E-state index in [4.69, 9.17) is 11.5 Å². The first-order valence-corrected chi connectivity index (χ1v) is 6.01. The number of hydrogen-bond acceptors (Lipinski definition) is 4. The van der Waals surface area contributed by atoms with Gasteiger partial charge in [0.2, 0.25) is 6.41 Å². The van der Waals surface area contributed by atoms with Crippen LogP contribution in [0.25, 0.3) is 0 Å². The van der Waals surface area contributed by atoms with Gasteiger partial charge in [0.15, 0.2) is 0 Å². The predicted molar refractivity (Wildman–Crippen MR) is 72.9 cm³/mol. The molecular formula is C13H22N4O. The highest BCUT2D eigenvalue weighted by atomic mass is 16.1. The maximum Gasteiger partial charge on any atom is 0.213 e. The van der Waals surface area contributed by atoms with Crippen molar-refractivity contribution >= 4 is 6.41 Å². The van der Waals surface area contributed by atoms with E-state index in [2.05, 4.69) is 6.58 Å². The molecule has 0 aromatic rings. The summed E-state index contributed by atoms with van der Waals surface area (Å²) in [4.78, 5) is 14.3. The van der Waals surface area contributed by atoms with Crippen LogP contribution in [0.2, 0.25) is 0 Å². The summed E-state index contributed by atoms with van der Waals surface area (Å²) >= 11 is 0. The molecule has 18 heavy (non-hydrogen) atoms. The summed E-state index contributed by atoms with van der Waals surface area (Å²) < 4.78 is 0. The third-order valence-electron chi connectivity index (χ3n) is 2.92. The number of nitrogens with zero attached hydrogens (tertiary/aromatic N) is 2. The van der Waals surface area contributed by atoms with E-state index in [0.717, 1.165) is 36.2 Å². The number of amides is 1. The van der Waals surface area contributed by atoms with E-state index < -0.39 is 0 Å². The van der Waals surface area contributed by atoms with Gasteiger partial charge >= 0.3 is 0 Å². The van der Waals surface area contributed by atoms with E-state index in [9.17, 15) is 4.79 Å². The lowest BCUT2D eigenvalue weighted by atomic mass is 10.0. The Balaban J connectivity index is 2.94. The molecule has 1 rings (SSSR count). The maximum atomic E-state index is 10.9. The van der Waals surface area contributed by atoms with Crippen molar-refractivity contribution in [3.63, 3.8) is 0 Å². The van der Waals surface area contributed by atoms with E-state index >= 15 is 0 Å². The first-order chi connectivity index (χ1) is 8.49. The molecule has 0 saturated carbocycles. The fraction of sp³-hybridized carbons (Fsp3) is 0.462. The molecule has 5 nitrogen and oxygen atoms in total. The van der Waals surface area contributed by atoms with Crippen LogP contribution in [-0.4, -0.2) is 36.0 Å². The zero-order chi connectivity index (χ0) is 13.7. The number of nitrogens with two attached hydrogens (primary N) is 2. The predicted octanol–water partition coefficient (Wildman–Crippen LogP) is 0.715. The third-order valence-corrected chi connectivity index (χ3v) is 2.92. The van der Waals surface area contributed by atoms with Gasteiger partial charge < -0.3 is 21.3 Å². The Labute approximate surface area is 108 Å². The van der Waals surface area contributed by atoms with Gasteiger partial charge in [0.1, 0.15) is 0 Å². The van der Waals surface area contributed by atoms with E-state index in [1.807, 2.05) is 24.1 Å². The zero-order valence-electron chi connectivity index (χ0n) is 11.1. The Bertz CT molecular complexity index is 384. The Morgan fingerprint density at radius 1 is 1.61 bits per heavy atom. The Morgan fingerprint density at radius 2 is 2.28 bits per heavy atom. The molecule has 100 valence electrons. The maximum absolute atomic E-state index is 10.9. The molecule has 0 spiro atoms. The van der Waals surface area contributed by atoms with Gasteiger partial charge in [-0.2, -0.15) is 0 Å². The molecule has 0 aliphatic carbocycles. The second-order valence-corrected chi connectivity index (χ2v) is 4.56. The summed E-state index contributed by atoms with van der Waals surface area (Å²) in [6.45, 7) is 6.26. The summed E-state index contributed by atoms with van der Waals surface area (Å²) in [5.74, 6) is 0. The van der Waals surface area contributed by atoms with Crippen LogP contribution in [-0.2, 0) is 4.79 Å². The summed E-state index contributed by atoms with van der Waals surface area (Å²) in [5, 5.41) is 0. The highest BCUT2D eigenvalue weighted by Crippen LogP contribution is 2.26. The zero-order valence-corrected chi connectivity index (χ0v) is 11.1. The lowest BCUT2D eigenvalue weighted by Gasteiger charge is -2.30. The number of rotatable bonds is 6. The van der Waals surface area contributed by atoms with Crippen molar-refractivity contribution in [3.8, 4) is 0 Å². The van der Waals surface area contributed by atoms with Gasteiger partial charge in [-0.05, 0) is 31.4 Å². The summed E-state index contributed by atoms with van der Waals surface area (Å²) in [5.41, 5.74) is 14.1. The fourth-order valence-electron chi connectivity index (χ4n) is 1.80. The normalized spacial score (nSPS) is 17.1. The molecule has 0 saturated heterocycles. The summed E-state index contributed by atoms with van der Waals surface area (Å²) in [7, 11) is 1.73. The van der Waals surface area contributed by atoms with Crippen LogP contribution in [0, 0.1) is 0 Å². The van der Waals surface area contributed by atoms with Crippen molar-refractivity contribution < 1.29 is 4.79 Å². The highest BCUT2D eigenvalue weighted by molar-refractivity contribution is 5.56. The van der Waals surface area contributed by atoms with Gasteiger partial charge in [0, 0.05) is 30.7 Å². The molecule has 5 heteroatoms. The minimum Gasteiger partial charge on any atom is -0.335 e. The molecule has 0 radical (unpaired) electrons. The van der Waals surface area contributed by atoms with Crippen LogP contribution >= 0.6 is 0 Å². The Hall–Kier alpha value is -1.59. The number of allylic oxidation sites excluding steroid dienone is 2. The quantitative estimate of drug-likeness (QED) is 0.681. The molecule has 1 aliphatic heterocycles. The molecule has 1 amide bonds. The van der Waals surface area contributed by atoms with Crippen molar-refractivity contribution in [1.29, 1.82) is 0 Å². The number of carbonyl (C=O) groups is 1. The van der Waals surface area contributed by atoms with Crippen molar-refractivity contribution in [1.82, 2.24) is 9.80 Å². The second kappa shape index (κ2) is 6.37. The van der Waals surface area contributed by atoms with Crippen molar-refractivity contribution in [2.75, 3.05) is 13.7 Å². The standard InChI is InChI=1S/C13H22N4O/c1-10(15)4-5-12-7-17(8-14)11(2)6-13(12)16(3)9-18/h6-7,9-10H,2,4-5,8,14-15H2,1,3H3. The van der Waals surface area contributed by atoms with Gasteiger partial charge in [-0.3, -0.25) is 4.79 Å². The number of carbonyl (C=O) groups excluding carboxylic acids is 1. The van der Waals surface area contributed by atoms with Gasteiger partial charge in [0.05, 0.1) is 6.67 Å². The average molecular weight is 250 g/mol. The summed E-state index contributed by atoms with van der Waals surface area (Å²) in [6.07, 6.45) is 6.28. The Morgan fingerprint density at radius 3 is 2.78 bits per heavy atom. The largest absolute Gasteiger partial charge is 0.335 e. The monoisotopic (exact) mass is 250 g/mol. The molecule has 0 aromatic carbocycles. The molecule has 0 aromatic heterocycles. The number of hydrogen-bond donors (Lipinski definition) is 2. The van der Waals surface area contributed by atoms with E-state index in [1.54, 1.807) is 11.9 Å². The third kappa shape index (κ3) is 3.45. The van der Waals surface area contributed by atoms with Gasteiger partial charge in [-0.25, -0.2) is 0 Å². The average Bonchev–Trinajstić information content (AvgIpc) is 2.35. The Kier molecular flexibility index (Phi) is 5.12. The highest BCUT2D eigenvalue weighted by Gasteiger charge is 2.18. The van der Waals surface area contributed by atoms with Crippen LogP contribution in [0.3, 0.4) is 0 Å². The lowest BCUT2D eigenvalue weighted by molar-refractivity contribution is -0.115. The van der Waals surface area contributed by atoms with Crippen LogP contribution in [0.1, 0.15) is 19.8 Å². The molecule has 1 heterocycles. The molecule has 1 aliphatic rings. The molecule has 4 N–H and O–H groups in total. The van der Waals surface area contributed by atoms with Crippen LogP contribution < -0.4 is 11.5 Å². The first-order valence-electron chi connectivity index (χ1n) is 6.01. The van der Waals surface area contributed by atoms with Crippen molar-refractivity contribution in [2.24, 2.45) is 11.5 Å². The SMILES string of the molecule is C=C1C=C(N(C)C=O)C(CCC(C)N)=CN1CN. The lowest BCUT2D eigenvalue weighted by Crippen LogP contribution is -2.29. The van der Waals surface area contributed by atoms with E-state index in [1.165, 1.54) is 0 Å². The molecule has 0 bridgehead atoms. The van der Waals surface area contributed by atoms with Crippen LogP contribution in [0.5, 0.6) is 0 Å². The van der Waals surface area contributed by atoms with E-state index in [0.29, 0.717) is 6.67 Å². The van der Waals surface area contributed by atoms with E-state index in [-0.39, 0.29) is 6.04 Å². The van der Waals surface area contributed by atoms with Crippen LogP contribution in [0.4, 0.5) is 0 Å². The first kappa shape index (κ1) is 14.5. The topological polar surface area (TPSA) is 75.6 Å². The smallest absolute Gasteiger partial charge is 0.213 e. The second-order valence-electron chi connectivity index (χ2n) is 4.56. The fourth-order valence-corrected chi connectivity index (χ4v) is 1.80. The van der Waals surface area contributed by atoms with Gasteiger partial charge in [-0.1, -0.05) is 6.58 Å². The summed E-state index contributed by atoms with van der Waals surface area (Å²) in [6, 6.07) is 0.130. The van der Waals surface area contributed by atoms with Crippen molar-refractivity contribution in [2.45, 2.75) is 25.8 Å². The van der Waals surface area contributed by atoms with Gasteiger partial charge in [0.25, 0.3) is 0 Å². The van der Waals surface area contributed by atoms with Gasteiger partial charge in [-0.15, -0.1) is 0 Å².